The molecule has 0 atom stereocenters. The molecule has 0 radical (unpaired) electrons. The van der Waals surface area contributed by atoms with Crippen LogP contribution in [0.15, 0.2) is 6.20 Å². The molecule has 112 valence electrons. The monoisotopic (exact) mass is 297 g/mol. The van der Waals surface area contributed by atoms with Crippen molar-refractivity contribution in [2.75, 3.05) is 6.61 Å². The van der Waals surface area contributed by atoms with E-state index in [1.54, 1.807) is 0 Å². The molecule has 1 N–H and O–H groups in total. The molecule has 0 saturated carbocycles. The summed E-state index contributed by atoms with van der Waals surface area (Å²) in [6.45, 7) is 0.169. The molecule has 0 unspecified atom stereocenters. The highest BCUT2D eigenvalue weighted by molar-refractivity contribution is 5.75. The Labute approximate surface area is 111 Å². The molecule has 5 nitrogen and oxygen atoms in total. The summed E-state index contributed by atoms with van der Waals surface area (Å²) < 4.78 is 57.7. The topological polar surface area (TPSA) is 68.7 Å². The standard InChI is InChI=1S/C11H11F4NO4/c1-2-19-9(18)3-6-8(17)5-16-7(4-12)10(6)20-11(13,14)15/h5,17H,2-4H2,1H3. The molecule has 0 spiro atoms. The van der Waals surface area contributed by atoms with E-state index >= 15 is 0 Å². The Hall–Kier alpha value is -2.06. The Morgan fingerprint density at radius 1 is 1.45 bits per heavy atom. The van der Waals surface area contributed by atoms with Crippen molar-refractivity contribution in [3.05, 3.63) is 17.5 Å². The minimum Gasteiger partial charge on any atom is -0.506 e. The number of ether oxygens (including phenoxy) is 2. The fourth-order valence-electron chi connectivity index (χ4n) is 1.42. The van der Waals surface area contributed by atoms with Crippen LogP contribution in [0.25, 0.3) is 0 Å². The number of esters is 1. The fourth-order valence-corrected chi connectivity index (χ4v) is 1.42. The largest absolute Gasteiger partial charge is 0.573 e. The van der Waals surface area contributed by atoms with E-state index in [1.807, 2.05) is 0 Å². The van der Waals surface area contributed by atoms with Gasteiger partial charge in [0.1, 0.15) is 18.1 Å². The maximum atomic E-state index is 12.7. The second kappa shape index (κ2) is 6.40. The van der Waals surface area contributed by atoms with E-state index in [0.29, 0.717) is 0 Å². The number of carbonyl (C=O) groups is 1. The third kappa shape index (κ3) is 4.25. The molecule has 0 saturated heterocycles. The third-order valence-electron chi connectivity index (χ3n) is 2.16. The molecule has 0 bridgehead atoms. The van der Waals surface area contributed by atoms with Gasteiger partial charge in [0.2, 0.25) is 0 Å². The average Bonchev–Trinajstić information content (AvgIpc) is 2.32. The quantitative estimate of drug-likeness (QED) is 0.667. The number of nitrogens with zero attached hydrogens (tertiary/aromatic N) is 1. The van der Waals surface area contributed by atoms with Crippen LogP contribution >= 0.6 is 0 Å². The smallest absolute Gasteiger partial charge is 0.506 e. The minimum absolute atomic E-state index is 0.0100. The summed E-state index contributed by atoms with van der Waals surface area (Å²) in [7, 11) is 0. The lowest BCUT2D eigenvalue weighted by molar-refractivity contribution is -0.275. The lowest BCUT2D eigenvalue weighted by Crippen LogP contribution is -2.20. The summed E-state index contributed by atoms with van der Waals surface area (Å²) in [5.74, 6) is -2.62. The SMILES string of the molecule is CCOC(=O)Cc1c(O)cnc(CF)c1OC(F)(F)F. The van der Waals surface area contributed by atoms with E-state index < -0.39 is 48.2 Å². The Kier molecular flexibility index (Phi) is 5.12. The second-order valence-electron chi connectivity index (χ2n) is 3.56. The first kappa shape index (κ1) is 16.0. The maximum Gasteiger partial charge on any atom is 0.573 e. The molecule has 1 aromatic rings. The minimum atomic E-state index is -5.11. The second-order valence-corrected chi connectivity index (χ2v) is 3.56. The van der Waals surface area contributed by atoms with Gasteiger partial charge in [-0.25, -0.2) is 4.39 Å². The van der Waals surface area contributed by atoms with Gasteiger partial charge in [-0.05, 0) is 6.92 Å². The average molecular weight is 297 g/mol. The van der Waals surface area contributed by atoms with Crippen molar-refractivity contribution < 1.29 is 36.9 Å². The van der Waals surface area contributed by atoms with Gasteiger partial charge in [-0.1, -0.05) is 0 Å². The van der Waals surface area contributed by atoms with Crippen LogP contribution in [0.4, 0.5) is 17.6 Å². The zero-order chi connectivity index (χ0) is 15.3. The molecule has 0 aromatic carbocycles. The van der Waals surface area contributed by atoms with E-state index in [9.17, 15) is 27.5 Å². The molecule has 20 heavy (non-hydrogen) atoms. The highest BCUT2D eigenvalue weighted by atomic mass is 19.4. The van der Waals surface area contributed by atoms with Crippen molar-refractivity contribution in [2.24, 2.45) is 0 Å². The van der Waals surface area contributed by atoms with Gasteiger partial charge >= 0.3 is 12.3 Å². The van der Waals surface area contributed by atoms with Crippen LogP contribution in [0, 0.1) is 0 Å². The van der Waals surface area contributed by atoms with Gasteiger partial charge in [0, 0.05) is 0 Å². The summed E-state index contributed by atoms with van der Waals surface area (Å²) in [6, 6.07) is 0. The van der Waals surface area contributed by atoms with Crippen LogP contribution in [0.5, 0.6) is 11.5 Å². The molecule has 0 aliphatic heterocycles. The first-order chi connectivity index (χ1) is 9.28. The van der Waals surface area contributed by atoms with Crippen molar-refractivity contribution >= 4 is 5.97 Å². The normalized spacial score (nSPS) is 11.2. The summed E-state index contributed by atoms with van der Waals surface area (Å²) in [5, 5.41) is 9.49. The highest BCUT2D eigenvalue weighted by Crippen LogP contribution is 2.35. The molecule has 9 heteroatoms. The number of hydrogen-bond donors (Lipinski definition) is 1. The van der Waals surface area contributed by atoms with Crippen LogP contribution in [0.2, 0.25) is 0 Å². The lowest BCUT2D eigenvalue weighted by Gasteiger charge is -2.16. The number of rotatable bonds is 5. The zero-order valence-corrected chi connectivity index (χ0v) is 10.3. The predicted molar refractivity (Wildman–Crippen MR) is 57.7 cm³/mol. The number of alkyl halides is 4. The number of hydrogen-bond acceptors (Lipinski definition) is 5. The molecular formula is C11H11F4NO4. The van der Waals surface area contributed by atoms with E-state index in [2.05, 4.69) is 14.5 Å². The number of aromatic nitrogens is 1. The van der Waals surface area contributed by atoms with Crippen molar-refractivity contribution in [3.8, 4) is 11.5 Å². The van der Waals surface area contributed by atoms with E-state index in [4.69, 9.17) is 0 Å². The Morgan fingerprint density at radius 2 is 2.10 bits per heavy atom. The first-order valence-corrected chi connectivity index (χ1v) is 5.45. The number of carbonyl (C=O) groups excluding carboxylic acids is 1. The summed E-state index contributed by atoms with van der Waals surface area (Å²) in [6.07, 6.45) is -5.06. The van der Waals surface area contributed by atoms with Crippen LogP contribution in [-0.2, 0) is 22.6 Å². The van der Waals surface area contributed by atoms with E-state index in [1.165, 1.54) is 6.92 Å². The molecule has 0 fully saturated rings. The Balaban J connectivity index is 3.21. The summed E-state index contributed by atoms with van der Waals surface area (Å²) >= 11 is 0. The maximum absolute atomic E-state index is 12.7. The van der Waals surface area contributed by atoms with Gasteiger partial charge in [0.25, 0.3) is 0 Å². The van der Waals surface area contributed by atoms with Crippen LogP contribution < -0.4 is 4.74 Å². The van der Waals surface area contributed by atoms with Crippen molar-refractivity contribution in [1.29, 1.82) is 0 Å². The Morgan fingerprint density at radius 3 is 2.60 bits per heavy atom. The highest BCUT2D eigenvalue weighted by Gasteiger charge is 2.35. The molecule has 0 aliphatic rings. The van der Waals surface area contributed by atoms with Crippen molar-refractivity contribution in [2.45, 2.75) is 26.4 Å². The van der Waals surface area contributed by atoms with E-state index in [0.717, 1.165) is 6.20 Å². The van der Waals surface area contributed by atoms with Crippen molar-refractivity contribution in [1.82, 2.24) is 4.98 Å². The molecule has 0 amide bonds. The number of pyridine rings is 1. The number of halogens is 4. The summed E-state index contributed by atoms with van der Waals surface area (Å²) in [5.41, 5.74) is -1.19. The fraction of sp³-hybridized carbons (Fsp3) is 0.455. The molecule has 1 heterocycles. The molecule has 1 rings (SSSR count). The third-order valence-corrected chi connectivity index (χ3v) is 2.16. The Bertz CT molecular complexity index is 490. The van der Waals surface area contributed by atoms with Crippen LogP contribution in [0.1, 0.15) is 18.2 Å². The molecule has 0 aliphatic carbocycles. The first-order valence-electron chi connectivity index (χ1n) is 5.45. The van der Waals surface area contributed by atoms with Gasteiger partial charge in [-0.3, -0.25) is 9.78 Å². The van der Waals surface area contributed by atoms with Gasteiger partial charge in [-0.15, -0.1) is 13.2 Å². The number of aromatic hydroxyl groups is 1. The van der Waals surface area contributed by atoms with Gasteiger partial charge < -0.3 is 14.6 Å². The lowest BCUT2D eigenvalue weighted by atomic mass is 10.1. The predicted octanol–water partition coefficient (Wildman–Crippen LogP) is 2.26. The van der Waals surface area contributed by atoms with Crippen LogP contribution in [-0.4, -0.2) is 29.0 Å². The van der Waals surface area contributed by atoms with Gasteiger partial charge in [0.05, 0.1) is 24.8 Å². The summed E-state index contributed by atoms with van der Waals surface area (Å²) in [4.78, 5) is 14.6. The zero-order valence-electron chi connectivity index (χ0n) is 10.3. The van der Waals surface area contributed by atoms with Gasteiger partial charge in [-0.2, -0.15) is 0 Å². The van der Waals surface area contributed by atoms with Gasteiger partial charge in [0.15, 0.2) is 5.75 Å². The molecule has 1 aromatic heterocycles. The van der Waals surface area contributed by atoms with Crippen molar-refractivity contribution in [3.63, 3.8) is 0 Å². The van der Waals surface area contributed by atoms with Crippen LogP contribution in [0.3, 0.4) is 0 Å². The van der Waals surface area contributed by atoms with E-state index in [-0.39, 0.29) is 6.61 Å². The molecular weight excluding hydrogens is 286 g/mol.